The van der Waals surface area contributed by atoms with Crippen molar-refractivity contribution < 1.29 is 0 Å². The van der Waals surface area contributed by atoms with Crippen molar-refractivity contribution in [2.45, 2.75) is 234 Å². The zero-order chi connectivity index (χ0) is 51.7. The van der Waals surface area contributed by atoms with Gasteiger partial charge in [0.05, 0.1) is 0 Å². The van der Waals surface area contributed by atoms with Gasteiger partial charge in [-0.2, -0.15) is 0 Å². The molecule has 3 heterocycles. The van der Waals surface area contributed by atoms with Gasteiger partial charge in [-0.05, 0) is 126 Å². The zero-order valence-electron chi connectivity index (χ0n) is 47.4. The Morgan fingerprint density at radius 1 is 0.227 bits per heavy atom. The Morgan fingerprint density at radius 3 is 0.693 bits per heavy atom. The zero-order valence-corrected chi connectivity index (χ0v) is 49.8. The summed E-state index contributed by atoms with van der Waals surface area (Å²) in [5.41, 5.74) is 5.09. The lowest BCUT2D eigenvalue weighted by Crippen LogP contribution is -1.97. The quantitative estimate of drug-likeness (QED) is 0.0311. The highest BCUT2D eigenvalue weighted by Crippen LogP contribution is 2.57. The van der Waals surface area contributed by atoms with E-state index in [0.717, 1.165) is 0 Å². The average Bonchev–Trinajstić information content (AvgIpc) is 4.14. The van der Waals surface area contributed by atoms with Crippen molar-refractivity contribution >= 4 is 129 Å². The fourth-order valence-corrected chi connectivity index (χ4v) is 17.9. The lowest BCUT2D eigenvalue weighted by molar-refractivity contribution is 0.656. The number of thiophene rings is 3. The molecule has 0 fully saturated rings. The second-order valence-electron chi connectivity index (χ2n) is 22.9. The molecular formula is C72H90S3. The topological polar surface area (TPSA) is 0 Å². The van der Waals surface area contributed by atoms with E-state index < -0.39 is 0 Å². The number of benzene rings is 7. The number of hydrogen-bond acceptors (Lipinski definition) is 3. The maximum absolute atomic E-state index is 2.56. The molecule has 396 valence electrons. The number of fused-ring (bicyclic) bond motifs is 21. The Balaban J connectivity index is 1.49. The van der Waals surface area contributed by atoms with Crippen molar-refractivity contribution in [2.24, 2.45) is 0 Å². The van der Waals surface area contributed by atoms with E-state index in [1.54, 1.807) is 93.9 Å². The van der Waals surface area contributed by atoms with Gasteiger partial charge < -0.3 is 0 Å². The van der Waals surface area contributed by atoms with Crippen LogP contribution in [-0.4, -0.2) is 0 Å². The van der Waals surface area contributed by atoms with Crippen LogP contribution in [0.5, 0.6) is 0 Å². The van der Waals surface area contributed by atoms with Gasteiger partial charge in [-0.1, -0.05) is 230 Å². The summed E-state index contributed by atoms with van der Waals surface area (Å²) in [5, 5.41) is 23.1. The molecule has 0 atom stereocenters. The minimum absolute atomic E-state index is 1.18. The molecule has 10 rings (SSSR count). The lowest BCUT2D eigenvalue weighted by atomic mass is 9.80. The maximum atomic E-state index is 2.56. The summed E-state index contributed by atoms with van der Waals surface area (Å²) in [5.74, 6) is 0. The summed E-state index contributed by atoms with van der Waals surface area (Å²) < 4.78 is 4.66. The fraction of sp³-hybridized carbons (Fsp3) is 0.500. The van der Waals surface area contributed by atoms with Crippen LogP contribution in [0.15, 0.2) is 72.8 Å². The maximum Gasteiger partial charge on any atom is 0.0433 e. The second kappa shape index (κ2) is 26.1. The van der Waals surface area contributed by atoms with E-state index in [9.17, 15) is 0 Å². The second-order valence-corrected chi connectivity index (χ2v) is 26.2. The van der Waals surface area contributed by atoms with Crippen molar-refractivity contribution in [3.63, 3.8) is 0 Å². The molecule has 0 saturated carbocycles. The Labute approximate surface area is 464 Å². The molecule has 0 saturated heterocycles. The summed E-state index contributed by atoms with van der Waals surface area (Å²) in [6.07, 6.45) is 38.3. The van der Waals surface area contributed by atoms with Gasteiger partial charge >= 0.3 is 0 Å². The van der Waals surface area contributed by atoms with Crippen LogP contribution < -0.4 is 0 Å². The van der Waals surface area contributed by atoms with Crippen molar-refractivity contribution in [1.82, 2.24) is 0 Å². The summed E-state index contributed by atoms with van der Waals surface area (Å²) in [6.45, 7) is 14.2. The highest BCUT2D eigenvalue weighted by atomic mass is 32.1. The van der Waals surface area contributed by atoms with Crippen LogP contribution in [0.2, 0.25) is 0 Å². The molecule has 0 N–H and O–H groups in total. The molecule has 75 heavy (non-hydrogen) atoms. The van der Waals surface area contributed by atoms with E-state index in [-0.39, 0.29) is 0 Å². The number of rotatable bonds is 30. The van der Waals surface area contributed by atoms with Crippen molar-refractivity contribution in [3.05, 3.63) is 104 Å². The predicted octanol–water partition coefficient (Wildman–Crippen LogP) is 25.0. The van der Waals surface area contributed by atoms with Crippen LogP contribution in [-0.2, 0) is 38.5 Å². The van der Waals surface area contributed by atoms with Crippen LogP contribution in [0.1, 0.15) is 227 Å². The lowest BCUT2D eigenvalue weighted by Gasteiger charge is -2.21. The number of aryl methyl sites for hydroxylation is 6. The minimum atomic E-state index is 1.18. The van der Waals surface area contributed by atoms with Gasteiger partial charge in [0.1, 0.15) is 0 Å². The molecule has 0 radical (unpaired) electrons. The Kier molecular flexibility index (Phi) is 18.9. The van der Waals surface area contributed by atoms with Crippen molar-refractivity contribution in [2.75, 3.05) is 0 Å². The number of unbranched alkanes of at least 4 members (excludes halogenated alkanes) is 18. The third-order valence-corrected chi connectivity index (χ3v) is 21.4. The van der Waals surface area contributed by atoms with Gasteiger partial charge in [0.2, 0.25) is 0 Å². The molecule has 0 aliphatic rings. The van der Waals surface area contributed by atoms with Gasteiger partial charge in [0.25, 0.3) is 0 Å². The van der Waals surface area contributed by atoms with E-state index in [0.29, 0.717) is 0 Å². The van der Waals surface area contributed by atoms with Gasteiger partial charge in [-0.15, -0.1) is 34.0 Å². The first kappa shape index (κ1) is 54.3. The molecule has 0 unspecified atom stereocenters. The van der Waals surface area contributed by atoms with E-state index in [1.807, 2.05) is 0 Å². The molecule has 7 aromatic carbocycles. The molecule has 10 aromatic rings. The molecule has 3 aromatic heterocycles. The number of hydrogen-bond donors (Lipinski definition) is 0. The van der Waals surface area contributed by atoms with Crippen molar-refractivity contribution in [1.29, 1.82) is 0 Å². The first-order valence-corrected chi connectivity index (χ1v) is 33.5. The summed E-state index contributed by atoms with van der Waals surface area (Å²) in [6, 6.07) is 29.5. The Hall–Kier alpha value is -4.02. The first-order valence-electron chi connectivity index (χ1n) is 31.1. The third-order valence-electron chi connectivity index (χ3n) is 17.5. The molecule has 3 heteroatoms. The minimum Gasteiger partial charge on any atom is -0.139 e. The average molecular weight is 1050 g/mol. The SMILES string of the molecule is CCCCCCc1sc2c3ccccc3c3c(c2c1CCCCCC)c1c2ccccc2c2sc(CCCCCC)c(CCCCCC)c2c1c1c2ccccc2c2sc(CCCCCC)c(CCCCCC)c2c31. The molecule has 0 aliphatic carbocycles. The summed E-state index contributed by atoms with van der Waals surface area (Å²) in [4.78, 5) is 5.04. The van der Waals surface area contributed by atoms with Gasteiger partial charge in [-0.3, -0.25) is 0 Å². The first-order chi connectivity index (χ1) is 37.1. The highest BCUT2D eigenvalue weighted by Gasteiger charge is 2.30. The molecule has 0 nitrogen and oxygen atoms in total. The summed E-state index contributed by atoms with van der Waals surface area (Å²) >= 11 is 6.59. The van der Waals surface area contributed by atoms with Gasteiger partial charge in [0, 0.05) is 77.2 Å². The Bertz CT molecular complexity index is 3130. The van der Waals surface area contributed by atoms with Crippen LogP contribution in [0, 0.1) is 0 Å². The van der Waals surface area contributed by atoms with Crippen LogP contribution in [0.3, 0.4) is 0 Å². The van der Waals surface area contributed by atoms with E-state index in [4.69, 9.17) is 0 Å². The highest BCUT2D eigenvalue weighted by molar-refractivity contribution is 7.21. The monoisotopic (exact) mass is 1050 g/mol. The molecule has 0 bridgehead atoms. The van der Waals surface area contributed by atoms with E-state index in [1.165, 1.54) is 225 Å². The molecule has 0 aliphatic heterocycles. The standard InChI is InChI=1S/C72H90S3/c1-7-13-19-25-43-55-58(46-28-22-16-10-4)73-70-52-40-34-31-37-49(52)61-67(64(55)70)62-50-38-32-35-41-53(50)71-66(57(45-27-21-15-9-3)59(74-71)47-29-23-17-11-5)69(62)63-51-39-33-36-42-54(51)72-65(68(61)63)56(44-26-20-14-8-2)60(75-72)48-30-24-18-12-6/h31-42H,7-30,43-48H2,1-6H3. The molecule has 0 amide bonds. The van der Waals surface area contributed by atoms with Crippen LogP contribution in [0.4, 0.5) is 0 Å². The van der Waals surface area contributed by atoms with Crippen LogP contribution >= 0.6 is 34.0 Å². The predicted molar refractivity (Wildman–Crippen MR) is 345 cm³/mol. The smallest absolute Gasteiger partial charge is 0.0433 e. The summed E-state index contributed by atoms with van der Waals surface area (Å²) in [7, 11) is 0. The largest absolute Gasteiger partial charge is 0.139 e. The third kappa shape index (κ3) is 10.8. The van der Waals surface area contributed by atoms with Crippen LogP contribution in [0.25, 0.3) is 94.9 Å². The van der Waals surface area contributed by atoms with Gasteiger partial charge in [0.15, 0.2) is 0 Å². The molecular weight excluding hydrogens is 961 g/mol. The van der Waals surface area contributed by atoms with Crippen molar-refractivity contribution in [3.8, 4) is 0 Å². The van der Waals surface area contributed by atoms with E-state index >= 15 is 0 Å². The fourth-order valence-electron chi connectivity index (χ4n) is 13.6. The van der Waals surface area contributed by atoms with Gasteiger partial charge in [-0.25, -0.2) is 0 Å². The van der Waals surface area contributed by atoms with E-state index in [2.05, 4.69) is 148 Å². The normalized spacial score (nSPS) is 12.4. The molecule has 0 spiro atoms. The Morgan fingerprint density at radius 2 is 0.453 bits per heavy atom.